The van der Waals surface area contributed by atoms with Crippen LogP contribution in [0.1, 0.15) is 32.5 Å². The number of amides is 1. The van der Waals surface area contributed by atoms with Gasteiger partial charge in [0, 0.05) is 6.42 Å². The molecule has 0 fully saturated rings. The van der Waals surface area contributed by atoms with Crippen molar-refractivity contribution in [1.29, 1.82) is 0 Å². The maximum atomic E-state index is 12.6. The molecule has 0 bridgehead atoms. The minimum absolute atomic E-state index is 0.0756. The lowest BCUT2D eigenvalue weighted by atomic mass is 10.0. The van der Waals surface area contributed by atoms with Crippen LogP contribution in [0.15, 0.2) is 18.2 Å². The van der Waals surface area contributed by atoms with E-state index in [0.29, 0.717) is 5.56 Å². The average Bonchev–Trinajstić information content (AvgIpc) is 2.87. The predicted molar refractivity (Wildman–Crippen MR) is 87.1 cm³/mol. The number of likely N-dealkylation sites (N-methyl/N-ethyl adjacent to an activating group) is 1. The fraction of sp³-hybridized carbons (Fsp3) is 0.312. The van der Waals surface area contributed by atoms with Crippen molar-refractivity contribution in [2.45, 2.75) is 19.1 Å². The predicted octanol–water partition coefficient (Wildman–Crippen LogP) is 0.584. The number of anilines is 1. The van der Waals surface area contributed by atoms with Crippen molar-refractivity contribution in [2.75, 3.05) is 18.9 Å². The van der Waals surface area contributed by atoms with E-state index in [4.69, 9.17) is 0 Å². The van der Waals surface area contributed by atoms with Gasteiger partial charge in [-0.1, -0.05) is 6.07 Å². The third-order valence-electron chi connectivity index (χ3n) is 4.47. The van der Waals surface area contributed by atoms with Gasteiger partial charge in [0.05, 0.1) is 24.0 Å². The lowest BCUT2D eigenvalue weighted by Gasteiger charge is -2.27. The molecule has 120 valence electrons. The third-order valence-corrected chi connectivity index (χ3v) is 5.63. The molecule has 3 heterocycles. The Bertz CT molecular complexity index is 802. The van der Waals surface area contributed by atoms with Crippen LogP contribution in [0.3, 0.4) is 0 Å². The first-order valence-electron chi connectivity index (χ1n) is 7.58. The highest BCUT2D eigenvalue weighted by Gasteiger charge is 2.33. The smallest absolute Gasteiger partial charge is 0.256 e. The molecule has 0 spiro atoms. The van der Waals surface area contributed by atoms with Crippen molar-refractivity contribution >= 4 is 22.2 Å². The Morgan fingerprint density at radius 3 is 2.87 bits per heavy atom. The Balaban J connectivity index is 1.70. The number of carbonyl (C=O) groups excluding carboxylic acids is 1. The summed E-state index contributed by atoms with van der Waals surface area (Å²) >= 11 is 1.65. The van der Waals surface area contributed by atoms with Crippen molar-refractivity contribution in [3.63, 3.8) is 0 Å². The standard InChI is InChI=1S/C16H17N3O3S/c1-19-5-4-9-12(7-19)23-16-13(9)15(22)17-14(18-16)8-2-3-10(20)11(21)6-8/h2-3,6,14,18,20-21H,4-5,7H2,1H3,(H,17,22)/p+1/t14-/m0/s1. The van der Waals surface area contributed by atoms with E-state index >= 15 is 0 Å². The highest BCUT2D eigenvalue weighted by Crippen LogP contribution is 2.39. The highest BCUT2D eigenvalue weighted by atomic mass is 32.1. The number of benzene rings is 1. The number of nitrogens with one attached hydrogen (secondary N) is 3. The van der Waals surface area contributed by atoms with Crippen molar-refractivity contribution in [2.24, 2.45) is 0 Å². The molecule has 5 N–H and O–H groups in total. The molecule has 0 saturated heterocycles. The average molecular weight is 332 g/mol. The quantitative estimate of drug-likeness (QED) is 0.495. The minimum Gasteiger partial charge on any atom is -0.504 e. The van der Waals surface area contributed by atoms with Crippen LogP contribution in [-0.2, 0) is 13.0 Å². The number of fused-ring (bicyclic) bond motifs is 3. The van der Waals surface area contributed by atoms with Crippen LogP contribution in [0.5, 0.6) is 11.5 Å². The van der Waals surface area contributed by atoms with Crippen LogP contribution in [0.4, 0.5) is 5.00 Å². The number of hydrogen-bond acceptors (Lipinski definition) is 5. The molecule has 1 aromatic heterocycles. The van der Waals surface area contributed by atoms with E-state index in [0.717, 1.165) is 30.1 Å². The van der Waals surface area contributed by atoms with Crippen LogP contribution in [0.2, 0.25) is 0 Å². The van der Waals surface area contributed by atoms with Gasteiger partial charge < -0.3 is 25.7 Å². The zero-order chi connectivity index (χ0) is 16.1. The van der Waals surface area contributed by atoms with Crippen molar-refractivity contribution in [3.8, 4) is 11.5 Å². The molecule has 0 aliphatic carbocycles. The first-order chi connectivity index (χ1) is 11.0. The molecular formula is C16H18N3O3S+. The minimum atomic E-state index is -0.410. The monoisotopic (exact) mass is 332 g/mol. The summed E-state index contributed by atoms with van der Waals surface area (Å²) in [6, 6.07) is 4.57. The van der Waals surface area contributed by atoms with E-state index in [1.165, 1.54) is 27.5 Å². The molecule has 1 amide bonds. The summed E-state index contributed by atoms with van der Waals surface area (Å²) < 4.78 is 0. The van der Waals surface area contributed by atoms with Gasteiger partial charge in [0.2, 0.25) is 0 Å². The molecular weight excluding hydrogens is 314 g/mol. The maximum Gasteiger partial charge on any atom is 0.256 e. The number of phenols is 2. The molecule has 23 heavy (non-hydrogen) atoms. The first kappa shape index (κ1) is 14.3. The fourth-order valence-corrected chi connectivity index (χ4v) is 4.61. The van der Waals surface area contributed by atoms with Crippen LogP contribution in [-0.4, -0.2) is 29.7 Å². The normalized spacial score (nSPS) is 22.7. The topological polar surface area (TPSA) is 86.0 Å². The van der Waals surface area contributed by atoms with Gasteiger partial charge in [0.25, 0.3) is 5.91 Å². The van der Waals surface area contributed by atoms with Crippen molar-refractivity contribution in [3.05, 3.63) is 39.8 Å². The number of hydrogen-bond donors (Lipinski definition) is 5. The molecule has 1 aromatic carbocycles. The van der Waals surface area contributed by atoms with E-state index in [2.05, 4.69) is 17.7 Å². The summed E-state index contributed by atoms with van der Waals surface area (Å²) in [4.78, 5) is 15.3. The van der Waals surface area contributed by atoms with Crippen LogP contribution in [0.25, 0.3) is 0 Å². The summed E-state index contributed by atoms with van der Waals surface area (Å²) in [5.74, 6) is -0.442. The Labute approximate surface area is 137 Å². The second kappa shape index (κ2) is 5.14. The number of thiophene rings is 1. The second-order valence-corrected chi connectivity index (χ2v) is 7.25. The van der Waals surface area contributed by atoms with E-state index in [1.807, 2.05) is 0 Å². The van der Waals surface area contributed by atoms with Gasteiger partial charge in [-0.3, -0.25) is 4.79 Å². The van der Waals surface area contributed by atoms with E-state index in [9.17, 15) is 15.0 Å². The van der Waals surface area contributed by atoms with Crippen molar-refractivity contribution in [1.82, 2.24) is 5.32 Å². The van der Waals surface area contributed by atoms with Crippen LogP contribution in [0, 0.1) is 0 Å². The summed E-state index contributed by atoms with van der Waals surface area (Å²) in [5, 5.41) is 26.3. The summed E-state index contributed by atoms with van der Waals surface area (Å²) in [7, 11) is 2.16. The van der Waals surface area contributed by atoms with Gasteiger partial charge in [-0.15, -0.1) is 11.3 Å². The van der Waals surface area contributed by atoms with Gasteiger partial charge in [0.15, 0.2) is 11.5 Å². The van der Waals surface area contributed by atoms with Gasteiger partial charge in [0.1, 0.15) is 17.7 Å². The van der Waals surface area contributed by atoms with Gasteiger partial charge >= 0.3 is 0 Å². The maximum absolute atomic E-state index is 12.6. The van der Waals surface area contributed by atoms with Gasteiger partial charge in [-0.25, -0.2) is 0 Å². The largest absolute Gasteiger partial charge is 0.504 e. The van der Waals surface area contributed by atoms with Crippen LogP contribution < -0.4 is 15.5 Å². The summed E-state index contributed by atoms with van der Waals surface area (Å²) in [6.07, 6.45) is 0.513. The van der Waals surface area contributed by atoms with E-state index in [1.54, 1.807) is 17.4 Å². The number of phenolic OH excluding ortho intramolecular Hbond substituents is 2. The Morgan fingerprint density at radius 2 is 2.09 bits per heavy atom. The molecule has 2 atom stereocenters. The molecule has 2 aromatic rings. The molecule has 1 unspecified atom stereocenters. The van der Waals surface area contributed by atoms with E-state index in [-0.39, 0.29) is 17.4 Å². The molecule has 6 nitrogen and oxygen atoms in total. The molecule has 0 radical (unpaired) electrons. The molecule has 2 aliphatic rings. The number of carbonyl (C=O) groups is 1. The molecule has 0 saturated carbocycles. The second-order valence-electron chi connectivity index (χ2n) is 6.14. The molecule has 4 rings (SSSR count). The first-order valence-corrected chi connectivity index (χ1v) is 8.39. The Hall–Kier alpha value is -2.25. The number of rotatable bonds is 1. The van der Waals surface area contributed by atoms with Crippen molar-refractivity contribution < 1.29 is 19.9 Å². The Morgan fingerprint density at radius 1 is 1.26 bits per heavy atom. The summed E-state index contributed by atoms with van der Waals surface area (Å²) in [6.45, 7) is 1.99. The fourth-order valence-electron chi connectivity index (χ4n) is 3.22. The molecule has 7 heteroatoms. The zero-order valence-corrected chi connectivity index (χ0v) is 13.5. The number of aromatic hydroxyl groups is 2. The Kier molecular flexibility index (Phi) is 3.21. The van der Waals surface area contributed by atoms with Gasteiger partial charge in [-0.05, 0) is 23.3 Å². The SMILES string of the molecule is C[NH+]1CCc2c(sc3c2C(=O)N[C@H](c2ccc(O)c(O)c2)N3)C1. The highest BCUT2D eigenvalue weighted by molar-refractivity contribution is 7.16. The van der Waals surface area contributed by atoms with Crippen LogP contribution >= 0.6 is 11.3 Å². The van der Waals surface area contributed by atoms with Gasteiger partial charge in [-0.2, -0.15) is 0 Å². The third kappa shape index (κ3) is 2.32. The lowest BCUT2D eigenvalue weighted by molar-refractivity contribution is -0.895. The molecule has 2 aliphatic heterocycles. The zero-order valence-electron chi connectivity index (χ0n) is 12.6. The summed E-state index contributed by atoms with van der Waals surface area (Å²) in [5.41, 5.74) is 2.65. The number of quaternary nitrogens is 1. The lowest BCUT2D eigenvalue weighted by Crippen LogP contribution is -3.08. The van der Waals surface area contributed by atoms with E-state index < -0.39 is 6.17 Å².